The number of aldehydes is 1. The number of aromatic nitrogens is 1. The van der Waals surface area contributed by atoms with E-state index < -0.39 is 0 Å². The van der Waals surface area contributed by atoms with E-state index in [0.29, 0.717) is 17.2 Å². The van der Waals surface area contributed by atoms with E-state index in [1.54, 1.807) is 24.3 Å². The highest BCUT2D eigenvalue weighted by Gasteiger charge is 2.11. The first kappa shape index (κ1) is 10.2. The zero-order valence-corrected chi connectivity index (χ0v) is 8.92. The van der Waals surface area contributed by atoms with Crippen molar-refractivity contribution >= 4 is 29.5 Å². The average molecular weight is 242 g/mol. The van der Waals surface area contributed by atoms with E-state index >= 15 is 0 Å². The Labute approximate surface area is 95.6 Å². The Kier molecular flexibility index (Phi) is 2.75. The van der Waals surface area contributed by atoms with Crippen molar-refractivity contribution in [1.82, 2.24) is 4.98 Å². The summed E-state index contributed by atoms with van der Waals surface area (Å²) in [6.45, 7) is 0. The maximum atomic E-state index is 10.5. The van der Waals surface area contributed by atoms with Crippen LogP contribution in [0.3, 0.4) is 0 Å². The molecule has 3 nitrogen and oxygen atoms in total. The maximum Gasteiger partial charge on any atom is 0.228 e. The van der Waals surface area contributed by atoms with E-state index in [4.69, 9.17) is 27.6 Å². The zero-order valence-electron chi connectivity index (χ0n) is 7.41. The van der Waals surface area contributed by atoms with Crippen LogP contribution < -0.4 is 0 Å². The van der Waals surface area contributed by atoms with Gasteiger partial charge >= 0.3 is 0 Å². The summed E-state index contributed by atoms with van der Waals surface area (Å²) in [5.74, 6) is 0.304. The second-order valence-electron chi connectivity index (χ2n) is 2.80. The molecular formula is C10H5Cl2NO2. The van der Waals surface area contributed by atoms with Gasteiger partial charge in [0.25, 0.3) is 0 Å². The highest BCUT2D eigenvalue weighted by Crippen LogP contribution is 2.25. The number of carbonyl (C=O) groups is 1. The number of halogens is 2. The average Bonchev–Trinajstić information content (AvgIpc) is 2.61. The second-order valence-corrected chi connectivity index (χ2v) is 3.58. The first-order chi connectivity index (χ1) is 7.20. The molecule has 1 aromatic carbocycles. The molecule has 2 aromatic rings. The molecule has 15 heavy (non-hydrogen) atoms. The van der Waals surface area contributed by atoms with Crippen molar-refractivity contribution in [3.05, 3.63) is 40.2 Å². The molecule has 0 aliphatic carbocycles. The van der Waals surface area contributed by atoms with E-state index in [1.165, 1.54) is 0 Å². The molecule has 0 fully saturated rings. The van der Waals surface area contributed by atoms with Gasteiger partial charge in [-0.1, -0.05) is 11.6 Å². The van der Waals surface area contributed by atoms with Crippen LogP contribution in [-0.4, -0.2) is 11.3 Å². The molecule has 0 atom stereocenters. The first-order valence-electron chi connectivity index (χ1n) is 4.08. The molecule has 0 aliphatic rings. The van der Waals surface area contributed by atoms with Crippen molar-refractivity contribution in [2.45, 2.75) is 0 Å². The Morgan fingerprint density at radius 2 is 1.87 bits per heavy atom. The minimum absolute atomic E-state index is 0.00468. The standard InChI is InChI=1S/C10H5Cl2NO2/c11-7-3-1-6(2-4-7)10-13-8(5-14)9(12)15-10/h1-5H. The van der Waals surface area contributed by atoms with Crippen LogP contribution in [0.1, 0.15) is 10.5 Å². The van der Waals surface area contributed by atoms with E-state index in [2.05, 4.69) is 4.98 Å². The lowest BCUT2D eigenvalue weighted by Gasteiger charge is -1.93. The van der Waals surface area contributed by atoms with Gasteiger partial charge in [0.2, 0.25) is 11.1 Å². The van der Waals surface area contributed by atoms with E-state index in [1.807, 2.05) is 0 Å². The quantitative estimate of drug-likeness (QED) is 0.757. The third kappa shape index (κ3) is 2.03. The molecule has 0 amide bonds. The first-order valence-corrected chi connectivity index (χ1v) is 4.84. The zero-order chi connectivity index (χ0) is 10.8. The molecule has 0 unspecified atom stereocenters. The molecule has 0 radical (unpaired) electrons. The van der Waals surface area contributed by atoms with Gasteiger partial charge in [0.1, 0.15) is 0 Å². The fourth-order valence-corrected chi connectivity index (χ4v) is 1.39. The number of hydrogen-bond acceptors (Lipinski definition) is 3. The summed E-state index contributed by atoms with van der Waals surface area (Å²) in [7, 11) is 0. The normalized spacial score (nSPS) is 10.3. The Hall–Kier alpha value is -1.32. The lowest BCUT2D eigenvalue weighted by Crippen LogP contribution is -1.80. The predicted molar refractivity (Wildman–Crippen MR) is 57.3 cm³/mol. The monoisotopic (exact) mass is 241 g/mol. The Morgan fingerprint density at radius 3 is 2.40 bits per heavy atom. The lowest BCUT2D eigenvalue weighted by molar-refractivity contribution is 0.111. The van der Waals surface area contributed by atoms with Crippen LogP contribution in [0.15, 0.2) is 28.7 Å². The predicted octanol–water partition coefficient (Wildman–Crippen LogP) is 3.46. The summed E-state index contributed by atoms with van der Waals surface area (Å²) < 4.78 is 5.11. The molecule has 0 saturated heterocycles. The topological polar surface area (TPSA) is 43.1 Å². The van der Waals surface area contributed by atoms with Gasteiger partial charge in [-0.3, -0.25) is 4.79 Å². The van der Waals surface area contributed by atoms with Crippen molar-refractivity contribution in [3.63, 3.8) is 0 Å². The van der Waals surface area contributed by atoms with Crippen LogP contribution in [0.25, 0.3) is 11.5 Å². The number of oxazole rings is 1. The van der Waals surface area contributed by atoms with Crippen molar-refractivity contribution in [2.75, 3.05) is 0 Å². The van der Waals surface area contributed by atoms with Gasteiger partial charge in [0, 0.05) is 10.6 Å². The third-order valence-electron chi connectivity index (χ3n) is 1.81. The summed E-state index contributed by atoms with van der Waals surface area (Å²) in [4.78, 5) is 14.4. The largest absolute Gasteiger partial charge is 0.424 e. The minimum Gasteiger partial charge on any atom is -0.424 e. The van der Waals surface area contributed by atoms with Gasteiger partial charge in [0.15, 0.2) is 12.0 Å². The maximum absolute atomic E-state index is 10.5. The van der Waals surface area contributed by atoms with Crippen molar-refractivity contribution in [3.8, 4) is 11.5 Å². The van der Waals surface area contributed by atoms with Crippen LogP contribution >= 0.6 is 23.2 Å². The summed E-state index contributed by atoms with van der Waals surface area (Å²) in [6.07, 6.45) is 0.547. The van der Waals surface area contributed by atoms with Gasteiger partial charge < -0.3 is 4.42 Å². The van der Waals surface area contributed by atoms with E-state index in [0.717, 1.165) is 5.56 Å². The molecule has 0 N–H and O–H groups in total. The van der Waals surface area contributed by atoms with Gasteiger partial charge in [-0.2, -0.15) is 0 Å². The van der Waals surface area contributed by atoms with Gasteiger partial charge in [0.05, 0.1) is 0 Å². The van der Waals surface area contributed by atoms with Crippen molar-refractivity contribution in [1.29, 1.82) is 0 Å². The molecule has 0 spiro atoms. The van der Waals surface area contributed by atoms with Gasteiger partial charge in [-0.25, -0.2) is 4.98 Å². The van der Waals surface area contributed by atoms with Crippen molar-refractivity contribution in [2.24, 2.45) is 0 Å². The molecule has 0 aliphatic heterocycles. The molecule has 76 valence electrons. The summed E-state index contributed by atoms with van der Waals surface area (Å²) in [5, 5.41) is 0.613. The van der Waals surface area contributed by atoms with Gasteiger partial charge in [-0.05, 0) is 35.9 Å². The van der Waals surface area contributed by atoms with Crippen LogP contribution in [0.4, 0.5) is 0 Å². The third-order valence-corrected chi connectivity index (χ3v) is 2.34. The Morgan fingerprint density at radius 1 is 1.20 bits per heavy atom. The van der Waals surface area contributed by atoms with Crippen LogP contribution in [-0.2, 0) is 0 Å². The van der Waals surface area contributed by atoms with E-state index in [-0.39, 0.29) is 10.9 Å². The van der Waals surface area contributed by atoms with Crippen LogP contribution in [0.5, 0.6) is 0 Å². The summed E-state index contributed by atoms with van der Waals surface area (Å²) >= 11 is 11.4. The summed E-state index contributed by atoms with van der Waals surface area (Å²) in [6, 6.07) is 6.88. The smallest absolute Gasteiger partial charge is 0.228 e. The summed E-state index contributed by atoms with van der Waals surface area (Å²) in [5.41, 5.74) is 0.816. The second kappa shape index (κ2) is 4.04. The molecule has 0 saturated carbocycles. The number of benzene rings is 1. The number of nitrogens with zero attached hydrogens (tertiary/aromatic N) is 1. The molecule has 1 heterocycles. The lowest BCUT2D eigenvalue weighted by atomic mass is 10.2. The Balaban J connectivity index is 2.45. The molecule has 1 aromatic heterocycles. The highest BCUT2D eigenvalue weighted by atomic mass is 35.5. The molecule has 0 bridgehead atoms. The van der Waals surface area contributed by atoms with Gasteiger partial charge in [-0.15, -0.1) is 0 Å². The number of carbonyl (C=O) groups excluding carboxylic acids is 1. The SMILES string of the molecule is O=Cc1nc(-c2ccc(Cl)cc2)oc1Cl. The van der Waals surface area contributed by atoms with Crippen molar-refractivity contribution < 1.29 is 9.21 Å². The molecule has 5 heteroatoms. The number of rotatable bonds is 2. The number of hydrogen-bond donors (Lipinski definition) is 0. The molecule has 2 rings (SSSR count). The fraction of sp³-hybridized carbons (Fsp3) is 0. The van der Waals surface area contributed by atoms with E-state index in [9.17, 15) is 4.79 Å². The molecular weight excluding hydrogens is 237 g/mol. The Bertz CT molecular complexity index is 491. The fourth-order valence-electron chi connectivity index (χ4n) is 1.10. The highest BCUT2D eigenvalue weighted by molar-refractivity contribution is 6.31. The van der Waals surface area contributed by atoms with Crippen LogP contribution in [0.2, 0.25) is 10.2 Å². The van der Waals surface area contributed by atoms with Crippen LogP contribution in [0, 0.1) is 0 Å². The minimum atomic E-state index is -0.00468.